The van der Waals surface area contributed by atoms with Crippen molar-refractivity contribution in [2.45, 2.75) is 38.0 Å². The minimum absolute atomic E-state index is 0.0999. The molecule has 4 rings (SSSR count). The van der Waals surface area contributed by atoms with Gasteiger partial charge in [0.15, 0.2) is 14.1 Å². The average Bonchev–Trinajstić information content (AvgIpc) is 2.89. The summed E-state index contributed by atoms with van der Waals surface area (Å²) in [5, 5.41) is 3.44. The predicted octanol–water partition coefficient (Wildman–Crippen LogP) is 4.60. The fraction of sp³-hybridized carbons (Fsp3) is 0.421. The van der Waals surface area contributed by atoms with Crippen LogP contribution in [0.15, 0.2) is 36.4 Å². The van der Waals surface area contributed by atoms with Crippen molar-refractivity contribution in [1.29, 1.82) is 0 Å². The van der Waals surface area contributed by atoms with Crippen molar-refractivity contribution in [2.24, 2.45) is 0 Å². The summed E-state index contributed by atoms with van der Waals surface area (Å²) < 4.78 is 45.3. The molecule has 27 heavy (non-hydrogen) atoms. The average molecular weight is 393 g/mol. The van der Waals surface area contributed by atoms with Gasteiger partial charge in [-0.1, -0.05) is 12.1 Å². The molecule has 2 aliphatic heterocycles. The smallest absolute Gasteiger partial charge is 0.411 e. The number of fused-ring (bicyclic) bond motifs is 4. The summed E-state index contributed by atoms with van der Waals surface area (Å²) >= 11 is 0. The van der Waals surface area contributed by atoms with E-state index in [4.69, 9.17) is 4.43 Å². The van der Waals surface area contributed by atoms with Gasteiger partial charge in [-0.3, -0.25) is 0 Å². The van der Waals surface area contributed by atoms with E-state index >= 15 is 0 Å². The maximum Gasteiger partial charge on any atom is 0.416 e. The van der Waals surface area contributed by atoms with Crippen LogP contribution in [0.3, 0.4) is 0 Å². The fourth-order valence-corrected chi connectivity index (χ4v) is 4.83. The third kappa shape index (κ3) is 3.68. The van der Waals surface area contributed by atoms with Crippen LogP contribution in [-0.4, -0.2) is 38.5 Å². The molecule has 4 nitrogen and oxygen atoms in total. The van der Waals surface area contributed by atoms with Crippen molar-refractivity contribution in [2.75, 3.05) is 23.3 Å². The molecule has 3 heterocycles. The summed E-state index contributed by atoms with van der Waals surface area (Å²) in [4.78, 5) is 6.85. The van der Waals surface area contributed by atoms with Crippen LogP contribution in [0.25, 0.3) is 11.3 Å². The van der Waals surface area contributed by atoms with Crippen molar-refractivity contribution in [3.05, 3.63) is 42.0 Å². The first kappa shape index (κ1) is 18.3. The van der Waals surface area contributed by atoms with Gasteiger partial charge in [0.1, 0.15) is 0 Å². The van der Waals surface area contributed by atoms with Crippen molar-refractivity contribution in [1.82, 2.24) is 4.98 Å². The Balaban J connectivity index is 1.62. The Hall–Kier alpha value is -2.06. The van der Waals surface area contributed by atoms with Crippen molar-refractivity contribution >= 4 is 19.8 Å². The van der Waals surface area contributed by atoms with Crippen LogP contribution in [0.2, 0.25) is 19.6 Å². The quantitative estimate of drug-likeness (QED) is 0.774. The molecule has 0 saturated carbocycles. The first-order valence-corrected chi connectivity index (χ1v) is 12.4. The molecule has 0 spiro atoms. The van der Waals surface area contributed by atoms with E-state index in [0.717, 1.165) is 30.9 Å². The van der Waals surface area contributed by atoms with Gasteiger partial charge in [-0.15, -0.1) is 0 Å². The van der Waals surface area contributed by atoms with Gasteiger partial charge >= 0.3 is 6.18 Å². The number of halogens is 3. The highest BCUT2D eigenvalue weighted by molar-refractivity contribution is 6.69. The molecular weight excluding hydrogens is 371 g/mol. The zero-order chi connectivity index (χ0) is 19.4. The molecule has 1 fully saturated rings. The van der Waals surface area contributed by atoms with Crippen molar-refractivity contribution < 1.29 is 17.6 Å². The minimum Gasteiger partial charge on any atom is -0.411 e. The van der Waals surface area contributed by atoms with Crippen LogP contribution in [0.5, 0.6) is 0 Å². The van der Waals surface area contributed by atoms with Gasteiger partial charge in [0.05, 0.1) is 29.1 Å². The van der Waals surface area contributed by atoms with E-state index in [1.54, 1.807) is 12.1 Å². The van der Waals surface area contributed by atoms with Gasteiger partial charge in [0, 0.05) is 18.7 Å². The highest BCUT2D eigenvalue weighted by atomic mass is 28.4. The number of benzene rings is 1. The van der Waals surface area contributed by atoms with Gasteiger partial charge in [-0.25, -0.2) is 4.98 Å². The number of alkyl halides is 3. The molecule has 2 aliphatic rings. The number of hydrogen-bond acceptors (Lipinski definition) is 4. The number of rotatable bonds is 3. The summed E-state index contributed by atoms with van der Waals surface area (Å²) in [5.74, 6) is 0.711. The molecule has 2 aromatic rings. The lowest BCUT2D eigenvalue weighted by Crippen LogP contribution is -2.42. The van der Waals surface area contributed by atoms with Crippen LogP contribution >= 0.6 is 0 Å². The predicted molar refractivity (Wildman–Crippen MR) is 103 cm³/mol. The first-order chi connectivity index (χ1) is 12.6. The Kier molecular flexibility index (Phi) is 4.23. The second-order valence-corrected chi connectivity index (χ2v) is 12.5. The van der Waals surface area contributed by atoms with Gasteiger partial charge in [0.2, 0.25) is 0 Å². The molecule has 0 aliphatic carbocycles. The number of anilines is 2. The SMILES string of the molecule is C[Si](C)(C)OC1CN2CC1Nc1nc(-c3cccc(C(F)(F)F)c3)ccc12. The number of hydrogen-bond donors (Lipinski definition) is 1. The molecule has 2 atom stereocenters. The van der Waals surface area contributed by atoms with Gasteiger partial charge < -0.3 is 14.6 Å². The normalized spacial score (nSPS) is 21.8. The molecule has 0 amide bonds. The molecular formula is C19H22F3N3OSi. The van der Waals surface area contributed by atoms with E-state index in [1.165, 1.54) is 6.07 Å². The number of nitrogens with one attached hydrogen (secondary N) is 1. The van der Waals surface area contributed by atoms with Gasteiger partial charge in [-0.05, 0) is 43.9 Å². The van der Waals surface area contributed by atoms with Crippen LogP contribution in [-0.2, 0) is 10.6 Å². The van der Waals surface area contributed by atoms with Crippen LogP contribution in [0, 0.1) is 0 Å². The highest BCUT2D eigenvalue weighted by Gasteiger charge is 2.41. The Morgan fingerprint density at radius 2 is 1.93 bits per heavy atom. The zero-order valence-corrected chi connectivity index (χ0v) is 16.5. The Morgan fingerprint density at radius 1 is 1.15 bits per heavy atom. The van der Waals surface area contributed by atoms with E-state index in [2.05, 4.69) is 34.8 Å². The second kappa shape index (κ2) is 6.24. The van der Waals surface area contributed by atoms with Crippen molar-refractivity contribution in [3.8, 4) is 11.3 Å². The number of pyridine rings is 1. The topological polar surface area (TPSA) is 37.4 Å². The summed E-state index contributed by atoms with van der Waals surface area (Å²) in [7, 11) is -1.67. The highest BCUT2D eigenvalue weighted by Crippen LogP contribution is 2.38. The number of nitrogens with zero attached hydrogens (tertiary/aromatic N) is 2. The lowest BCUT2D eigenvalue weighted by molar-refractivity contribution is -0.137. The molecule has 8 heteroatoms. The second-order valence-electron chi connectivity index (χ2n) is 8.07. The lowest BCUT2D eigenvalue weighted by atomic mass is 10.1. The van der Waals surface area contributed by atoms with E-state index in [-0.39, 0.29) is 12.1 Å². The molecule has 1 saturated heterocycles. The van der Waals surface area contributed by atoms with E-state index in [1.807, 2.05) is 6.07 Å². The van der Waals surface area contributed by atoms with E-state index in [0.29, 0.717) is 17.1 Å². The van der Waals surface area contributed by atoms with Gasteiger partial charge in [-0.2, -0.15) is 13.2 Å². The molecule has 1 N–H and O–H groups in total. The maximum absolute atomic E-state index is 13.0. The third-order valence-electron chi connectivity index (χ3n) is 4.79. The summed E-state index contributed by atoms with van der Waals surface area (Å²) in [6.45, 7) is 8.16. The largest absolute Gasteiger partial charge is 0.416 e. The monoisotopic (exact) mass is 393 g/mol. The Morgan fingerprint density at radius 3 is 2.63 bits per heavy atom. The summed E-state index contributed by atoms with van der Waals surface area (Å²) in [5.41, 5.74) is 1.29. The lowest BCUT2D eigenvalue weighted by Gasteiger charge is -2.29. The maximum atomic E-state index is 13.0. The van der Waals surface area contributed by atoms with Crippen LogP contribution in [0.1, 0.15) is 5.56 Å². The molecule has 2 unspecified atom stereocenters. The Bertz CT molecular complexity index is 866. The zero-order valence-electron chi connectivity index (χ0n) is 15.5. The third-order valence-corrected chi connectivity index (χ3v) is 5.80. The summed E-state index contributed by atoms with van der Waals surface area (Å²) in [6.07, 6.45) is -4.27. The molecule has 1 aromatic heterocycles. The Labute approximate surface area is 157 Å². The van der Waals surface area contributed by atoms with Crippen LogP contribution < -0.4 is 10.2 Å². The molecule has 2 bridgehead atoms. The minimum atomic E-state index is -4.37. The van der Waals surface area contributed by atoms with Crippen molar-refractivity contribution in [3.63, 3.8) is 0 Å². The fourth-order valence-electron chi connectivity index (χ4n) is 3.69. The molecule has 1 aromatic carbocycles. The first-order valence-electron chi connectivity index (χ1n) is 8.98. The number of aromatic nitrogens is 1. The van der Waals surface area contributed by atoms with E-state index in [9.17, 15) is 13.2 Å². The van der Waals surface area contributed by atoms with Gasteiger partial charge in [0.25, 0.3) is 0 Å². The molecule has 144 valence electrons. The van der Waals surface area contributed by atoms with E-state index < -0.39 is 20.1 Å². The summed E-state index contributed by atoms with van der Waals surface area (Å²) in [6, 6.07) is 9.14. The van der Waals surface area contributed by atoms with Crippen LogP contribution in [0.4, 0.5) is 24.7 Å². The molecule has 0 radical (unpaired) electrons. The standard InChI is InChI=1S/C19H22F3N3OSi/c1-27(2,3)26-17-11-25-10-15(17)24-18-16(25)8-7-14(23-18)12-5-4-6-13(9-12)19(20,21)22/h4-9,15,17H,10-11H2,1-3H3,(H,23,24).